The fourth-order valence-electron chi connectivity index (χ4n) is 2.25. The molecule has 2 amide bonds. The van der Waals surface area contributed by atoms with Gasteiger partial charge >= 0.3 is 5.97 Å². The minimum absolute atomic E-state index is 0.0636. The Kier molecular flexibility index (Phi) is 4.67. The van der Waals surface area contributed by atoms with Crippen molar-refractivity contribution in [2.75, 3.05) is 6.61 Å². The zero-order valence-electron chi connectivity index (χ0n) is 12.7. The van der Waals surface area contributed by atoms with Gasteiger partial charge in [-0.2, -0.15) is 0 Å². The van der Waals surface area contributed by atoms with E-state index in [1.54, 1.807) is 12.1 Å². The molecule has 6 nitrogen and oxygen atoms in total. The lowest BCUT2D eigenvalue weighted by Gasteiger charge is -2.13. The molecule has 0 bridgehead atoms. The van der Waals surface area contributed by atoms with E-state index in [0.717, 1.165) is 0 Å². The molecule has 0 saturated heterocycles. The van der Waals surface area contributed by atoms with Crippen molar-refractivity contribution >= 4 is 29.4 Å². The summed E-state index contributed by atoms with van der Waals surface area (Å²) in [5.41, 5.74) is 0.323. The number of hydrogen-bond donors (Lipinski definition) is 0. The van der Waals surface area contributed by atoms with Gasteiger partial charge in [0.1, 0.15) is 0 Å². The second kappa shape index (κ2) is 6.90. The van der Waals surface area contributed by atoms with Crippen LogP contribution in [0.25, 0.3) is 0 Å². The average Bonchev–Trinajstić information content (AvgIpc) is 2.83. The molecule has 1 heterocycles. The van der Waals surface area contributed by atoms with E-state index in [9.17, 15) is 18.8 Å². The van der Waals surface area contributed by atoms with Crippen molar-refractivity contribution in [3.63, 3.8) is 0 Å². The van der Waals surface area contributed by atoms with Crippen LogP contribution in [-0.2, 0) is 9.63 Å². The monoisotopic (exact) mass is 363 g/mol. The first kappa shape index (κ1) is 16.9. The van der Waals surface area contributed by atoms with Gasteiger partial charge in [0.05, 0.1) is 29.2 Å². The van der Waals surface area contributed by atoms with Crippen LogP contribution in [0.15, 0.2) is 42.5 Å². The molecule has 25 heavy (non-hydrogen) atoms. The number of rotatable bonds is 5. The maximum absolute atomic E-state index is 13.5. The number of amides is 2. The number of carbonyl (C=O) groups is 3. The summed E-state index contributed by atoms with van der Waals surface area (Å²) in [4.78, 5) is 40.7. The van der Waals surface area contributed by atoms with Crippen molar-refractivity contribution < 1.29 is 28.3 Å². The van der Waals surface area contributed by atoms with Crippen molar-refractivity contribution in [1.82, 2.24) is 5.06 Å². The Morgan fingerprint density at radius 3 is 2.28 bits per heavy atom. The highest BCUT2D eigenvalue weighted by Gasteiger charge is 2.38. The topological polar surface area (TPSA) is 72.9 Å². The molecular formula is C17H11ClFNO5. The molecule has 128 valence electrons. The molecular weight excluding hydrogens is 353 g/mol. The van der Waals surface area contributed by atoms with Crippen LogP contribution in [0.2, 0.25) is 5.02 Å². The van der Waals surface area contributed by atoms with Crippen LogP contribution >= 0.6 is 11.6 Å². The van der Waals surface area contributed by atoms with E-state index in [2.05, 4.69) is 0 Å². The molecule has 0 radical (unpaired) electrons. The number of hydrogen-bond acceptors (Lipinski definition) is 5. The number of para-hydroxylation sites is 1. The van der Waals surface area contributed by atoms with Gasteiger partial charge in [0.15, 0.2) is 11.6 Å². The third kappa shape index (κ3) is 3.32. The number of carbonyl (C=O) groups excluding carboxylic acids is 3. The molecule has 3 rings (SSSR count). The van der Waals surface area contributed by atoms with Gasteiger partial charge in [-0.1, -0.05) is 34.9 Å². The van der Waals surface area contributed by atoms with Crippen LogP contribution in [-0.4, -0.2) is 29.5 Å². The van der Waals surface area contributed by atoms with E-state index in [1.165, 1.54) is 30.3 Å². The Balaban J connectivity index is 1.57. The molecule has 2 aromatic carbocycles. The van der Waals surface area contributed by atoms with E-state index in [0.29, 0.717) is 5.06 Å². The summed E-state index contributed by atoms with van der Waals surface area (Å²) in [7, 11) is 0. The number of benzene rings is 2. The second-order valence-corrected chi connectivity index (χ2v) is 5.47. The van der Waals surface area contributed by atoms with Crippen molar-refractivity contribution in [3.8, 4) is 5.75 Å². The SMILES string of the molecule is O=C(CCOc1c(F)cccc1Cl)ON1C(=O)c2ccccc2C1=O. The normalized spacial score (nSPS) is 13.0. The van der Waals surface area contributed by atoms with Gasteiger partial charge in [0.25, 0.3) is 11.8 Å². The Labute approximate surface area is 146 Å². The molecule has 8 heteroatoms. The largest absolute Gasteiger partial charge is 0.488 e. The van der Waals surface area contributed by atoms with Crippen LogP contribution in [0.4, 0.5) is 4.39 Å². The number of fused-ring (bicyclic) bond motifs is 1. The number of ether oxygens (including phenoxy) is 1. The van der Waals surface area contributed by atoms with Gasteiger partial charge in [0.2, 0.25) is 0 Å². The third-order valence-corrected chi connectivity index (χ3v) is 3.72. The highest BCUT2D eigenvalue weighted by molar-refractivity contribution is 6.32. The van der Waals surface area contributed by atoms with E-state index in [4.69, 9.17) is 21.2 Å². The van der Waals surface area contributed by atoms with E-state index < -0.39 is 23.6 Å². The van der Waals surface area contributed by atoms with E-state index >= 15 is 0 Å². The predicted molar refractivity (Wildman–Crippen MR) is 84.6 cm³/mol. The maximum Gasteiger partial charge on any atom is 0.336 e. The molecule has 0 atom stereocenters. The quantitative estimate of drug-likeness (QED) is 0.763. The summed E-state index contributed by atoms with van der Waals surface area (Å²) in [5.74, 6) is -3.15. The Bertz CT molecular complexity index is 815. The van der Waals surface area contributed by atoms with Gasteiger partial charge in [-0.3, -0.25) is 9.59 Å². The molecule has 0 spiro atoms. The third-order valence-electron chi connectivity index (χ3n) is 3.42. The van der Waals surface area contributed by atoms with Crippen LogP contribution in [0.5, 0.6) is 5.75 Å². The first-order valence-corrected chi connectivity index (χ1v) is 7.62. The number of hydroxylamine groups is 2. The van der Waals surface area contributed by atoms with Gasteiger partial charge in [0, 0.05) is 0 Å². The minimum Gasteiger partial charge on any atom is -0.488 e. The van der Waals surface area contributed by atoms with Gasteiger partial charge in [-0.25, -0.2) is 9.18 Å². The van der Waals surface area contributed by atoms with Gasteiger partial charge in [-0.15, -0.1) is 0 Å². The average molecular weight is 364 g/mol. The highest BCUT2D eigenvalue weighted by Crippen LogP contribution is 2.27. The van der Waals surface area contributed by atoms with Crippen molar-refractivity contribution in [2.45, 2.75) is 6.42 Å². The first-order valence-electron chi connectivity index (χ1n) is 7.24. The summed E-state index contributed by atoms with van der Waals surface area (Å²) in [5, 5.41) is 0.469. The summed E-state index contributed by atoms with van der Waals surface area (Å²) in [6.45, 7) is -0.233. The van der Waals surface area contributed by atoms with Crippen molar-refractivity contribution in [3.05, 3.63) is 64.4 Å². The van der Waals surface area contributed by atoms with Gasteiger partial charge < -0.3 is 9.57 Å². The fourth-order valence-corrected chi connectivity index (χ4v) is 2.47. The van der Waals surface area contributed by atoms with Crippen LogP contribution in [0.1, 0.15) is 27.1 Å². The molecule has 0 aromatic heterocycles. The molecule has 1 aliphatic heterocycles. The zero-order valence-corrected chi connectivity index (χ0v) is 13.5. The summed E-state index contributed by atoms with van der Waals surface area (Å²) >= 11 is 5.79. The fraction of sp³-hybridized carbons (Fsp3) is 0.118. The van der Waals surface area contributed by atoms with Crippen molar-refractivity contribution in [2.24, 2.45) is 0 Å². The number of halogens is 2. The minimum atomic E-state index is -0.873. The van der Waals surface area contributed by atoms with E-state index in [-0.39, 0.29) is 34.9 Å². The molecule has 0 unspecified atom stereocenters. The van der Waals surface area contributed by atoms with Crippen LogP contribution in [0.3, 0.4) is 0 Å². The zero-order chi connectivity index (χ0) is 18.0. The summed E-state index contributed by atoms with van der Waals surface area (Å²) < 4.78 is 18.7. The molecule has 0 aliphatic carbocycles. The lowest BCUT2D eigenvalue weighted by Crippen LogP contribution is -2.33. The molecule has 0 N–H and O–H groups in total. The first-order chi connectivity index (χ1) is 12.0. The predicted octanol–water partition coefficient (Wildman–Crippen LogP) is 3.00. The summed E-state index contributed by atoms with van der Waals surface area (Å²) in [6, 6.07) is 10.2. The summed E-state index contributed by atoms with van der Waals surface area (Å²) in [6.07, 6.45) is -0.307. The Morgan fingerprint density at radius 2 is 1.68 bits per heavy atom. The molecule has 2 aromatic rings. The lowest BCUT2D eigenvalue weighted by molar-refractivity contribution is -0.169. The molecule has 0 fully saturated rings. The highest BCUT2D eigenvalue weighted by atomic mass is 35.5. The van der Waals surface area contributed by atoms with Gasteiger partial charge in [-0.05, 0) is 24.3 Å². The standard InChI is InChI=1S/C17H11ClFNO5/c18-12-6-3-7-13(19)15(12)24-9-8-14(21)25-20-16(22)10-4-1-2-5-11(10)17(20)23/h1-7H,8-9H2. The smallest absolute Gasteiger partial charge is 0.336 e. The van der Waals surface area contributed by atoms with E-state index in [1.807, 2.05) is 0 Å². The van der Waals surface area contributed by atoms with Crippen LogP contribution in [0, 0.1) is 5.82 Å². The second-order valence-electron chi connectivity index (χ2n) is 5.06. The van der Waals surface area contributed by atoms with Crippen LogP contribution < -0.4 is 4.74 Å². The number of nitrogens with zero attached hydrogens (tertiary/aromatic N) is 1. The lowest BCUT2D eigenvalue weighted by atomic mass is 10.1. The number of imide groups is 1. The van der Waals surface area contributed by atoms with Crippen molar-refractivity contribution in [1.29, 1.82) is 0 Å². The Morgan fingerprint density at radius 1 is 1.04 bits per heavy atom. The molecule has 1 aliphatic rings. The molecule has 0 saturated carbocycles. The Hall–Kier alpha value is -2.93. The maximum atomic E-state index is 13.5.